The number of nitrogens with zero attached hydrogens (tertiary/aromatic N) is 3. The second-order valence-electron chi connectivity index (χ2n) is 17.3. The van der Waals surface area contributed by atoms with E-state index in [4.69, 9.17) is 27.8 Å². The van der Waals surface area contributed by atoms with Crippen molar-refractivity contribution in [3.05, 3.63) is 167 Å². The van der Waals surface area contributed by atoms with Gasteiger partial charge in [0.1, 0.15) is 11.6 Å². The number of rotatable bonds is 8. The number of benzene rings is 6. The molecule has 2 aromatic heterocycles. The molecule has 0 bridgehead atoms. The SMILES string of the molecule is [2H]C([2H])([2H])c1cc(-c2c(C(C)C)cccc2C([2H])(C)C)ccc1-n1c(-c2ccccc2O)nc2c(-c3[c-]c(-c4cc(-c5ccc(C(C([2H])([2H])[2H])(C([2H])([2H])[2H])C([2H])([2H])[2H])cc5)ccn4)cc(C(C)(C)C)c3)cccc21.[Pt]. The molecule has 0 atom stereocenters. The van der Waals surface area contributed by atoms with Crippen molar-refractivity contribution in [2.75, 3.05) is 0 Å². The van der Waals surface area contributed by atoms with Gasteiger partial charge in [0.2, 0.25) is 0 Å². The zero-order valence-electron chi connectivity index (χ0n) is 48.9. The first-order chi connectivity index (χ1) is 34.3. The van der Waals surface area contributed by atoms with E-state index in [1.807, 2.05) is 74.5 Å². The van der Waals surface area contributed by atoms with Crippen molar-refractivity contribution in [1.29, 1.82) is 0 Å². The van der Waals surface area contributed by atoms with Crippen LogP contribution in [0.4, 0.5) is 0 Å². The third-order valence-electron chi connectivity index (χ3n) is 11.3. The van der Waals surface area contributed by atoms with Crippen LogP contribution in [0.2, 0.25) is 0 Å². The maximum atomic E-state index is 11.4. The van der Waals surface area contributed by atoms with Gasteiger partial charge in [0.05, 0.1) is 22.3 Å². The molecule has 0 unspecified atom stereocenters. The van der Waals surface area contributed by atoms with E-state index in [0.29, 0.717) is 67.2 Å². The molecule has 5 heteroatoms. The van der Waals surface area contributed by atoms with Crippen molar-refractivity contribution < 1.29 is 44.0 Å². The first kappa shape index (κ1) is 30.5. The number of imidazole rings is 1. The zero-order chi connectivity index (χ0) is 54.3. The summed E-state index contributed by atoms with van der Waals surface area (Å²) in [7, 11) is 0. The molecule has 0 radical (unpaired) electrons. The molecular formula is C57H58N3OPt-. The average molecular weight is 1010 g/mol. The van der Waals surface area contributed by atoms with Crippen molar-refractivity contribution >= 4 is 11.0 Å². The van der Waals surface area contributed by atoms with Crippen molar-refractivity contribution in [2.24, 2.45) is 0 Å². The number of fused-ring (bicyclic) bond motifs is 1. The van der Waals surface area contributed by atoms with Gasteiger partial charge in [0.15, 0.2) is 0 Å². The zero-order valence-corrected chi connectivity index (χ0v) is 38.2. The number of phenolic OH excluding ortho intramolecular Hbond substituents is 1. The molecule has 8 rings (SSSR count). The van der Waals surface area contributed by atoms with Crippen LogP contribution in [0.3, 0.4) is 0 Å². The van der Waals surface area contributed by atoms with E-state index in [2.05, 4.69) is 40.7 Å². The molecular weight excluding hydrogens is 938 g/mol. The summed E-state index contributed by atoms with van der Waals surface area (Å²) in [5.74, 6) is -0.663. The van der Waals surface area contributed by atoms with Gasteiger partial charge >= 0.3 is 0 Å². The van der Waals surface area contributed by atoms with Gasteiger partial charge in [-0.1, -0.05) is 159 Å². The monoisotopic (exact) mass is 1010 g/mol. The molecule has 8 aromatic rings. The minimum atomic E-state index is -3.40. The number of aromatic hydroxyl groups is 1. The molecule has 0 saturated carbocycles. The summed E-state index contributed by atoms with van der Waals surface area (Å²) in [6.45, 7) is 1.23. The van der Waals surface area contributed by atoms with Crippen molar-refractivity contribution in [1.82, 2.24) is 14.5 Å². The van der Waals surface area contributed by atoms with E-state index in [0.717, 1.165) is 22.3 Å². The average Bonchev–Trinajstić information content (AvgIpc) is 3.69. The van der Waals surface area contributed by atoms with Gasteiger partial charge in [-0.25, -0.2) is 4.98 Å². The van der Waals surface area contributed by atoms with Gasteiger partial charge < -0.3 is 5.11 Å². The van der Waals surface area contributed by atoms with Crippen molar-refractivity contribution in [3.63, 3.8) is 0 Å². The Morgan fingerprint density at radius 1 is 0.677 bits per heavy atom. The molecule has 1 N–H and O–H groups in total. The Balaban J connectivity index is 0.00000820. The standard InChI is InChI=1S/C57H58N3O.Pt/c1-35(2)45-17-14-18-46(36(3)4)53(45)40-24-27-50(37(5)30-40)60-51-20-15-19-47(54(51)59-55(60)48-16-12-13-21-52(48)61)41-31-42(33-44(32-41)57(9,10)11)49-34-39(28-29-58-49)38-22-25-43(26-23-38)56(6,7)8;/h12-30,32-36,61H,1-11H3;/q-1;/i5D3,6D3,7D3,8D3,35D;. The Morgan fingerprint density at radius 2 is 1.37 bits per heavy atom. The quantitative estimate of drug-likeness (QED) is 0.154. The maximum Gasteiger partial charge on any atom is 0.148 e. The number of phenols is 1. The second kappa shape index (κ2) is 17.3. The van der Waals surface area contributed by atoms with Gasteiger partial charge in [-0.3, -0.25) is 9.55 Å². The van der Waals surface area contributed by atoms with Gasteiger partial charge in [-0.05, 0) is 110 Å². The Hall–Kier alpha value is -5.57. The molecule has 6 aromatic carbocycles. The Labute approximate surface area is 401 Å². The number of para-hydroxylation sites is 2. The van der Waals surface area contributed by atoms with E-state index in [9.17, 15) is 5.11 Å². The molecule has 0 fully saturated rings. The summed E-state index contributed by atoms with van der Waals surface area (Å²) < 4.78 is 111. The molecule has 0 saturated heterocycles. The fourth-order valence-electron chi connectivity index (χ4n) is 8.04. The molecule has 0 aliphatic rings. The van der Waals surface area contributed by atoms with E-state index >= 15 is 0 Å². The van der Waals surface area contributed by atoms with E-state index in [1.54, 1.807) is 53.2 Å². The summed E-state index contributed by atoms with van der Waals surface area (Å²) in [6.07, 6.45) is 1.61. The summed E-state index contributed by atoms with van der Waals surface area (Å²) in [5, 5.41) is 11.4. The Morgan fingerprint density at radius 3 is 2.06 bits per heavy atom. The van der Waals surface area contributed by atoms with Crippen LogP contribution in [-0.4, -0.2) is 19.6 Å². The number of hydrogen-bond acceptors (Lipinski definition) is 3. The first-order valence-corrected chi connectivity index (χ1v) is 20.5. The van der Waals surface area contributed by atoms with Crippen LogP contribution in [0.5, 0.6) is 5.75 Å². The van der Waals surface area contributed by atoms with Crippen LogP contribution in [0.1, 0.15) is 126 Å². The molecule has 4 nitrogen and oxygen atoms in total. The topological polar surface area (TPSA) is 50.9 Å². The summed E-state index contributed by atoms with van der Waals surface area (Å²) in [6, 6.07) is 40.4. The molecule has 0 amide bonds. The minimum absolute atomic E-state index is 0. The van der Waals surface area contributed by atoms with Gasteiger partial charge in [-0.15, -0.1) is 29.3 Å². The molecule has 2 heterocycles. The fraction of sp³-hybridized carbons (Fsp3) is 0.263. The minimum Gasteiger partial charge on any atom is -0.507 e. The predicted octanol–water partition coefficient (Wildman–Crippen LogP) is 15.4. The van der Waals surface area contributed by atoms with Crippen molar-refractivity contribution in [3.8, 4) is 67.5 Å². The van der Waals surface area contributed by atoms with Crippen LogP contribution >= 0.6 is 0 Å². The van der Waals surface area contributed by atoms with Gasteiger partial charge in [0, 0.05) is 50.8 Å². The normalized spacial score (nSPS) is 16.1. The van der Waals surface area contributed by atoms with Crippen LogP contribution in [-0.2, 0) is 31.9 Å². The summed E-state index contributed by atoms with van der Waals surface area (Å²) >= 11 is 0. The van der Waals surface area contributed by atoms with E-state index in [-0.39, 0.29) is 49.3 Å². The van der Waals surface area contributed by atoms with E-state index < -0.39 is 38.7 Å². The summed E-state index contributed by atoms with van der Waals surface area (Å²) in [5.41, 5.74) is 5.80. The third-order valence-corrected chi connectivity index (χ3v) is 11.3. The van der Waals surface area contributed by atoms with Crippen LogP contribution in [0.25, 0.3) is 72.7 Å². The number of hydrogen-bond donors (Lipinski definition) is 1. The molecule has 318 valence electrons. The van der Waals surface area contributed by atoms with Crippen LogP contribution < -0.4 is 0 Å². The molecule has 0 aliphatic carbocycles. The Kier molecular flexibility index (Phi) is 8.50. The molecule has 0 aliphatic heterocycles. The summed E-state index contributed by atoms with van der Waals surface area (Å²) in [4.78, 5) is 10.0. The van der Waals surface area contributed by atoms with Crippen molar-refractivity contribution in [2.45, 2.75) is 98.5 Å². The maximum absolute atomic E-state index is 11.4. The number of aromatic nitrogens is 3. The number of pyridine rings is 1. The Bertz CT molecular complexity index is 3380. The first-order valence-electron chi connectivity index (χ1n) is 27.0. The molecule has 0 spiro atoms. The molecule has 62 heavy (non-hydrogen) atoms. The number of aryl methyl sites for hydroxylation is 1. The van der Waals surface area contributed by atoms with Gasteiger partial charge in [-0.2, -0.15) is 0 Å². The van der Waals surface area contributed by atoms with Gasteiger partial charge in [0.25, 0.3) is 0 Å². The van der Waals surface area contributed by atoms with E-state index in [1.165, 1.54) is 24.3 Å². The van der Waals surface area contributed by atoms with Crippen LogP contribution in [0, 0.1) is 12.9 Å². The smallest absolute Gasteiger partial charge is 0.148 e. The predicted molar refractivity (Wildman–Crippen MR) is 257 cm³/mol. The second-order valence-corrected chi connectivity index (χ2v) is 17.3. The fourth-order valence-corrected chi connectivity index (χ4v) is 8.04. The largest absolute Gasteiger partial charge is 0.507 e. The van der Waals surface area contributed by atoms with Crippen LogP contribution in [0.15, 0.2) is 134 Å². The third kappa shape index (κ3) is 8.60.